The maximum Gasteiger partial charge on any atom is 0.176 e. The number of aromatic nitrogens is 4. The van der Waals surface area contributed by atoms with Gasteiger partial charge in [0.15, 0.2) is 5.82 Å². The van der Waals surface area contributed by atoms with Crippen LogP contribution in [0.15, 0.2) is 23.5 Å². The van der Waals surface area contributed by atoms with Crippen molar-refractivity contribution in [3.63, 3.8) is 0 Å². The molecule has 0 amide bonds. The lowest BCUT2D eigenvalue weighted by Gasteiger charge is -2.43. The molecule has 138 valence electrons. The molecular formula is C18H25N7O. The van der Waals surface area contributed by atoms with Crippen molar-refractivity contribution >= 4 is 0 Å². The molecule has 4 rings (SSSR count). The zero-order valence-electron chi connectivity index (χ0n) is 15.4. The van der Waals surface area contributed by atoms with E-state index in [1.807, 2.05) is 4.68 Å². The van der Waals surface area contributed by atoms with Crippen LogP contribution in [0.2, 0.25) is 0 Å². The van der Waals surface area contributed by atoms with Gasteiger partial charge in [-0.3, -0.25) is 9.91 Å². The molecule has 2 aliphatic rings. The number of benzene rings is 1. The summed E-state index contributed by atoms with van der Waals surface area (Å²) in [6.45, 7) is 7.15. The van der Waals surface area contributed by atoms with Gasteiger partial charge >= 0.3 is 0 Å². The van der Waals surface area contributed by atoms with E-state index in [1.165, 1.54) is 24.0 Å². The smallest absolute Gasteiger partial charge is 0.176 e. The fourth-order valence-corrected chi connectivity index (χ4v) is 4.61. The minimum absolute atomic E-state index is 0.160. The molecule has 1 aliphatic heterocycles. The average molecular weight is 355 g/mol. The van der Waals surface area contributed by atoms with Gasteiger partial charge in [0, 0.05) is 13.1 Å². The van der Waals surface area contributed by atoms with E-state index in [2.05, 4.69) is 57.8 Å². The van der Waals surface area contributed by atoms with Crippen molar-refractivity contribution in [3.8, 4) is 5.69 Å². The van der Waals surface area contributed by atoms with Crippen molar-refractivity contribution in [2.75, 3.05) is 26.2 Å². The minimum atomic E-state index is -0.160. The summed E-state index contributed by atoms with van der Waals surface area (Å²) in [5.41, 5.74) is 3.25. The third kappa shape index (κ3) is 2.68. The molecule has 1 aliphatic carbocycles. The number of aryl methyl sites for hydroxylation is 2. The second-order valence-electron chi connectivity index (χ2n) is 7.42. The van der Waals surface area contributed by atoms with Crippen molar-refractivity contribution in [1.29, 1.82) is 0 Å². The van der Waals surface area contributed by atoms with Crippen LogP contribution in [0.3, 0.4) is 0 Å². The summed E-state index contributed by atoms with van der Waals surface area (Å²) in [7, 11) is 0. The SMILES string of the molecule is Cc1cccc(C)c1-n1nnnc1C1(N2CCN(N=O)CC2)CCCC1. The van der Waals surface area contributed by atoms with Crippen molar-refractivity contribution in [2.24, 2.45) is 5.29 Å². The molecule has 0 spiro atoms. The van der Waals surface area contributed by atoms with Gasteiger partial charge in [0.25, 0.3) is 0 Å². The normalized spacial score (nSPS) is 20.5. The molecule has 2 aromatic rings. The molecule has 1 aromatic heterocycles. The van der Waals surface area contributed by atoms with Crippen LogP contribution in [0, 0.1) is 18.8 Å². The highest BCUT2D eigenvalue weighted by molar-refractivity contribution is 5.47. The predicted molar refractivity (Wildman–Crippen MR) is 97.7 cm³/mol. The van der Waals surface area contributed by atoms with E-state index in [0.717, 1.165) is 37.4 Å². The summed E-state index contributed by atoms with van der Waals surface area (Å²) < 4.78 is 1.94. The Morgan fingerprint density at radius 1 is 1.04 bits per heavy atom. The Morgan fingerprint density at radius 2 is 1.69 bits per heavy atom. The molecule has 1 saturated heterocycles. The van der Waals surface area contributed by atoms with Crippen LogP contribution >= 0.6 is 0 Å². The fourth-order valence-electron chi connectivity index (χ4n) is 4.61. The highest BCUT2D eigenvalue weighted by Gasteiger charge is 2.46. The zero-order valence-corrected chi connectivity index (χ0v) is 15.4. The molecular weight excluding hydrogens is 330 g/mol. The minimum Gasteiger partial charge on any atom is -0.287 e. The first kappa shape index (κ1) is 17.1. The maximum absolute atomic E-state index is 10.8. The first-order valence-electron chi connectivity index (χ1n) is 9.34. The van der Waals surface area contributed by atoms with Crippen LogP contribution in [0.5, 0.6) is 0 Å². The van der Waals surface area contributed by atoms with Crippen LogP contribution in [-0.4, -0.2) is 56.3 Å². The van der Waals surface area contributed by atoms with E-state index in [1.54, 1.807) is 5.01 Å². The first-order chi connectivity index (χ1) is 12.7. The van der Waals surface area contributed by atoms with Crippen molar-refractivity contribution in [3.05, 3.63) is 40.1 Å². The van der Waals surface area contributed by atoms with Gasteiger partial charge in [-0.05, 0) is 48.2 Å². The van der Waals surface area contributed by atoms with E-state index in [9.17, 15) is 4.91 Å². The van der Waals surface area contributed by atoms with Crippen LogP contribution in [0.1, 0.15) is 42.6 Å². The van der Waals surface area contributed by atoms with Crippen LogP contribution in [0.25, 0.3) is 5.69 Å². The standard InChI is InChI=1S/C18H25N7O/c1-14-6-5-7-15(2)16(14)25-17(19-20-21-25)18(8-3-4-9-18)23-10-12-24(22-26)13-11-23/h5-7H,3-4,8-13H2,1-2H3. The maximum atomic E-state index is 10.8. The van der Waals surface area contributed by atoms with Gasteiger partial charge in [-0.1, -0.05) is 31.0 Å². The Kier molecular flexibility index (Phi) is 4.44. The molecule has 0 radical (unpaired) electrons. The number of tetrazole rings is 1. The summed E-state index contributed by atoms with van der Waals surface area (Å²) >= 11 is 0. The van der Waals surface area contributed by atoms with Gasteiger partial charge in [0.05, 0.1) is 29.6 Å². The van der Waals surface area contributed by atoms with Crippen molar-refractivity contribution < 1.29 is 0 Å². The Hall–Kier alpha value is -2.35. The number of nitrogens with zero attached hydrogens (tertiary/aromatic N) is 7. The number of nitroso groups, excluding NO2 is 1. The molecule has 1 saturated carbocycles. The lowest BCUT2D eigenvalue weighted by Crippen LogP contribution is -2.54. The number of hydrogen-bond donors (Lipinski definition) is 0. The Labute approximate surface area is 153 Å². The van der Waals surface area contributed by atoms with E-state index in [4.69, 9.17) is 0 Å². The van der Waals surface area contributed by atoms with Crippen LogP contribution in [-0.2, 0) is 5.54 Å². The summed E-state index contributed by atoms with van der Waals surface area (Å²) in [5.74, 6) is 0.930. The molecule has 0 N–H and O–H groups in total. The quantitative estimate of drug-likeness (QED) is 0.783. The second-order valence-corrected chi connectivity index (χ2v) is 7.42. The molecule has 0 bridgehead atoms. The third-order valence-electron chi connectivity index (χ3n) is 5.94. The van der Waals surface area contributed by atoms with E-state index in [0.29, 0.717) is 13.1 Å². The lowest BCUT2D eigenvalue weighted by molar-refractivity contribution is 0.0255. The number of hydrogen-bond acceptors (Lipinski definition) is 6. The van der Waals surface area contributed by atoms with E-state index in [-0.39, 0.29) is 5.54 Å². The van der Waals surface area contributed by atoms with Crippen LogP contribution in [0.4, 0.5) is 0 Å². The van der Waals surface area contributed by atoms with Gasteiger partial charge in [0.1, 0.15) is 0 Å². The summed E-state index contributed by atoms with van der Waals surface area (Å²) in [5, 5.41) is 17.6. The topological polar surface area (TPSA) is 79.5 Å². The monoisotopic (exact) mass is 355 g/mol. The summed E-state index contributed by atoms with van der Waals surface area (Å²) in [4.78, 5) is 13.3. The van der Waals surface area contributed by atoms with Gasteiger partial charge in [-0.15, -0.1) is 10.0 Å². The summed E-state index contributed by atoms with van der Waals surface area (Å²) in [6.07, 6.45) is 4.44. The average Bonchev–Trinajstić information content (AvgIpc) is 3.32. The van der Waals surface area contributed by atoms with Crippen molar-refractivity contribution in [1.82, 2.24) is 30.1 Å². The van der Waals surface area contributed by atoms with Gasteiger partial charge in [0.2, 0.25) is 0 Å². The second kappa shape index (κ2) is 6.75. The molecule has 0 atom stereocenters. The largest absolute Gasteiger partial charge is 0.287 e. The van der Waals surface area contributed by atoms with Crippen LogP contribution < -0.4 is 0 Å². The summed E-state index contributed by atoms with van der Waals surface area (Å²) in [6, 6.07) is 6.27. The molecule has 2 fully saturated rings. The third-order valence-corrected chi connectivity index (χ3v) is 5.94. The molecule has 2 heterocycles. The zero-order chi connectivity index (χ0) is 18.1. The molecule has 1 aromatic carbocycles. The fraction of sp³-hybridized carbons (Fsp3) is 0.611. The Morgan fingerprint density at radius 3 is 2.31 bits per heavy atom. The highest BCUT2D eigenvalue weighted by atomic mass is 16.3. The van der Waals surface area contributed by atoms with E-state index < -0.39 is 0 Å². The Balaban J connectivity index is 1.76. The highest BCUT2D eigenvalue weighted by Crippen LogP contribution is 2.44. The van der Waals surface area contributed by atoms with Gasteiger partial charge in [-0.25, -0.2) is 0 Å². The van der Waals surface area contributed by atoms with Gasteiger partial charge < -0.3 is 0 Å². The van der Waals surface area contributed by atoms with Gasteiger partial charge in [-0.2, -0.15) is 4.68 Å². The molecule has 26 heavy (non-hydrogen) atoms. The molecule has 0 unspecified atom stereocenters. The van der Waals surface area contributed by atoms with E-state index >= 15 is 0 Å². The number of piperazine rings is 1. The number of rotatable bonds is 4. The van der Waals surface area contributed by atoms with Crippen molar-refractivity contribution in [2.45, 2.75) is 45.1 Å². The number of para-hydroxylation sites is 1. The first-order valence-corrected chi connectivity index (χ1v) is 9.34. The predicted octanol–water partition coefficient (Wildman–Crippen LogP) is 2.35. The Bertz CT molecular complexity index is 768. The molecule has 8 nitrogen and oxygen atoms in total. The molecule has 8 heteroatoms. The lowest BCUT2D eigenvalue weighted by atomic mass is 9.92.